The summed E-state index contributed by atoms with van der Waals surface area (Å²) in [7, 11) is 1.90. The lowest BCUT2D eigenvalue weighted by Gasteiger charge is -2.32. The number of nitrogens with zero attached hydrogens (tertiary/aromatic N) is 6. The highest BCUT2D eigenvalue weighted by Crippen LogP contribution is 2.36. The first kappa shape index (κ1) is 18.0. The fourth-order valence-electron chi connectivity index (χ4n) is 4.43. The van der Waals surface area contributed by atoms with Gasteiger partial charge in [-0.1, -0.05) is 35.5 Å². The third-order valence-corrected chi connectivity index (χ3v) is 5.85. The van der Waals surface area contributed by atoms with Crippen molar-refractivity contribution in [2.75, 3.05) is 13.2 Å². The first-order chi connectivity index (χ1) is 14.2. The SMILES string of the molecule is Cc1nnn(C)c1-c1cc2c(cn1)ncn2C(c1ccccc1)C1CCOCC1. The lowest BCUT2D eigenvalue weighted by atomic mass is 9.87. The van der Waals surface area contributed by atoms with Gasteiger partial charge in [-0.2, -0.15) is 0 Å². The van der Waals surface area contributed by atoms with Crippen LogP contribution in [0.3, 0.4) is 0 Å². The number of imidazole rings is 1. The average Bonchev–Trinajstić information content (AvgIpc) is 3.32. The third-order valence-electron chi connectivity index (χ3n) is 5.85. The number of benzene rings is 1. The third kappa shape index (κ3) is 3.21. The molecule has 3 aromatic heterocycles. The molecule has 0 spiro atoms. The molecule has 0 radical (unpaired) electrons. The average molecular weight is 388 g/mol. The van der Waals surface area contributed by atoms with E-state index in [9.17, 15) is 0 Å². The Labute approximate surface area is 169 Å². The van der Waals surface area contributed by atoms with E-state index in [-0.39, 0.29) is 6.04 Å². The molecule has 1 aliphatic heterocycles. The smallest absolute Gasteiger partial charge is 0.110 e. The topological polar surface area (TPSA) is 70.7 Å². The fourth-order valence-corrected chi connectivity index (χ4v) is 4.43. The van der Waals surface area contributed by atoms with Crippen molar-refractivity contribution in [1.82, 2.24) is 29.5 Å². The molecule has 0 amide bonds. The van der Waals surface area contributed by atoms with Gasteiger partial charge in [0.25, 0.3) is 0 Å². The summed E-state index contributed by atoms with van der Waals surface area (Å²) < 4.78 is 9.72. The molecule has 29 heavy (non-hydrogen) atoms. The Kier molecular flexibility index (Phi) is 4.60. The number of pyridine rings is 1. The van der Waals surface area contributed by atoms with Gasteiger partial charge in [0.05, 0.1) is 35.5 Å². The second-order valence-corrected chi connectivity index (χ2v) is 7.66. The van der Waals surface area contributed by atoms with Crippen LogP contribution in [0.1, 0.15) is 30.1 Å². The lowest BCUT2D eigenvalue weighted by Crippen LogP contribution is -2.26. The summed E-state index contributed by atoms with van der Waals surface area (Å²) in [6.07, 6.45) is 5.89. The number of aryl methyl sites for hydroxylation is 2. The minimum atomic E-state index is 0.214. The summed E-state index contributed by atoms with van der Waals surface area (Å²) >= 11 is 0. The number of hydrogen-bond donors (Lipinski definition) is 0. The van der Waals surface area contributed by atoms with E-state index in [0.717, 1.165) is 54.2 Å². The van der Waals surface area contributed by atoms with Crippen LogP contribution in [0.15, 0.2) is 48.9 Å². The van der Waals surface area contributed by atoms with E-state index in [2.05, 4.69) is 61.2 Å². The Balaban J connectivity index is 1.66. The number of aromatic nitrogens is 6. The molecule has 4 aromatic rings. The summed E-state index contributed by atoms with van der Waals surface area (Å²) in [5, 5.41) is 8.30. The molecule has 0 saturated carbocycles. The minimum Gasteiger partial charge on any atom is -0.381 e. The second-order valence-electron chi connectivity index (χ2n) is 7.66. The largest absolute Gasteiger partial charge is 0.381 e. The maximum absolute atomic E-state index is 5.63. The quantitative estimate of drug-likeness (QED) is 0.535. The van der Waals surface area contributed by atoms with Crippen molar-refractivity contribution in [3.05, 3.63) is 60.2 Å². The summed E-state index contributed by atoms with van der Waals surface area (Å²) in [5.41, 5.74) is 5.94. The van der Waals surface area contributed by atoms with Gasteiger partial charge in [-0.3, -0.25) is 4.98 Å². The van der Waals surface area contributed by atoms with Gasteiger partial charge in [0.15, 0.2) is 0 Å². The van der Waals surface area contributed by atoms with Gasteiger partial charge in [-0.15, -0.1) is 5.10 Å². The highest BCUT2D eigenvalue weighted by atomic mass is 16.5. The summed E-state index contributed by atoms with van der Waals surface area (Å²) in [6, 6.07) is 13.0. The fraction of sp³-hybridized carbons (Fsp3) is 0.364. The predicted octanol–water partition coefficient (Wildman–Crippen LogP) is 3.55. The molecule has 1 atom stereocenters. The van der Waals surface area contributed by atoms with E-state index < -0.39 is 0 Å². The highest BCUT2D eigenvalue weighted by Gasteiger charge is 2.28. The molecule has 1 aliphatic rings. The van der Waals surface area contributed by atoms with Crippen LogP contribution in [0.25, 0.3) is 22.4 Å². The van der Waals surface area contributed by atoms with Crippen LogP contribution in [0, 0.1) is 12.8 Å². The predicted molar refractivity (Wildman–Crippen MR) is 110 cm³/mol. The van der Waals surface area contributed by atoms with Gasteiger partial charge in [-0.05, 0) is 37.3 Å². The van der Waals surface area contributed by atoms with Gasteiger partial charge >= 0.3 is 0 Å². The Bertz CT molecular complexity index is 1110. The van der Waals surface area contributed by atoms with E-state index in [1.54, 1.807) is 4.68 Å². The highest BCUT2D eigenvalue weighted by molar-refractivity contribution is 5.79. The van der Waals surface area contributed by atoms with Crippen LogP contribution in [0.5, 0.6) is 0 Å². The van der Waals surface area contributed by atoms with Crippen LogP contribution >= 0.6 is 0 Å². The normalized spacial score (nSPS) is 16.3. The molecule has 1 saturated heterocycles. The maximum Gasteiger partial charge on any atom is 0.110 e. The van der Waals surface area contributed by atoms with Gasteiger partial charge in [0.1, 0.15) is 11.2 Å². The first-order valence-corrected chi connectivity index (χ1v) is 10.0. The van der Waals surface area contributed by atoms with Crippen LogP contribution < -0.4 is 0 Å². The van der Waals surface area contributed by atoms with E-state index >= 15 is 0 Å². The van der Waals surface area contributed by atoms with Crippen LogP contribution in [0.4, 0.5) is 0 Å². The van der Waals surface area contributed by atoms with E-state index in [0.29, 0.717) is 5.92 Å². The molecule has 7 heteroatoms. The zero-order valence-corrected chi connectivity index (χ0v) is 16.7. The molecule has 1 unspecified atom stereocenters. The molecule has 1 fully saturated rings. The number of rotatable bonds is 4. The van der Waals surface area contributed by atoms with E-state index in [1.807, 2.05) is 26.5 Å². The molecule has 5 rings (SSSR count). The van der Waals surface area contributed by atoms with Crippen molar-refractivity contribution >= 4 is 11.0 Å². The zero-order chi connectivity index (χ0) is 19.8. The van der Waals surface area contributed by atoms with Crippen LogP contribution in [-0.4, -0.2) is 42.7 Å². The monoisotopic (exact) mass is 388 g/mol. The summed E-state index contributed by atoms with van der Waals surface area (Å²) in [6.45, 7) is 3.58. The van der Waals surface area contributed by atoms with Crippen molar-refractivity contribution in [1.29, 1.82) is 0 Å². The van der Waals surface area contributed by atoms with Crippen molar-refractivity contribution in [3.8, 4) is 11.4 Å². The number of hydrogen-bond acceptors (Lipinski definition) is 5. The molecule has 1 aromatic carbocycles. The van der Waals surface area contributed by atoms with E-state index in [4.69, 9.17) is 4.74 Å². The zero-order valence-electron chi connectivity index (χ0n) is 16.7. The molecule has 7 nitrogen and oxygen atoms in total. The number of ether oxygens (including phenoxy) is 1. The van der Waals surface area contributed by atoms with Crippen LogP contribution in [-0.2, 0) is 11.8 Å². The standard InChI is InChI=1S/C22H24N6O/c1-15-21(27(2)26-25-15)18-12-20-19(13-23-18)24-14-28(20)22(16-6-4-3-5-7-16)17-8-10-29-11-9-17/h3-7,12-14,17,22H,8-11H2,1-2H3. The Morgan fingerprint density at radius 3 is 2.62 bits per heavy atom. The Morgan fingerprint density at radius 2 is 1.90 bits per heavy atom. The van der Waals surface area contributed by atoms with Crippen molar-refractivity contribution in [2.24, 2.45) is 13.0 Å². The molecule has 148 valence electrons. The van der Waals surface area contributed by atoms with Gasteiger partial charge < -0.3 is 9.30 Å². The van der Waals surface area contributed by atoms with Crippen molar-refractivity contribution in [3.63, 3.8) is 0 Å². The molecule has 0 N–H and O–H groups in total. The molecule has 0 bridgehead atoms. The van der Waals surface area contributed by atoms with Gasteiger partial charge in [0.2, 0.25) is 0 Å². The van der Waals surface area contributed by atoms with E-state index in [1.165, 1.54) is 5.56 Å². The second kappa shape index (κ2) is 7.40. The number of fused-ring (bicyclic) bond motifs is 1. The minimum absolute atomic E-state index is 0.214. The molecule has 4 heterocycles. The summed E-state index contributed by atoms with van der Waals surface area (Å²) in [4.78, 5) is 9.29. The van der Waals surface area contributed by atoms with Crippen molar-refractivity contribution in [2.45, 2.75) is 25.8 Å². The molecular formula is C22H24N6O. The summed E-state index contributed by atoms with van der Waals surface area (Å²) in [5.74, 6) is 0.500. The maximum atomic E-state index is 5.63. The van der Waals surface area contributed by atoms with Gasteiger partial charge in [0, 0.05) is 20.3 Å². The lowest BCUT2D eigenvalue weighted by molar-refractivity contribution is 0.0547. The molecule has 0 aliphatic carbocycles. The van der Waals surface area contributed by atoms with Crippen molar-refractivity contribution < 1.29 is 4.74 Å². The Hall–Kier alpha value is -3.06. The first-order valence-electron chi connectivity index (χ1n) is 10.0. The van der Waals surface area contributed by atoms with Crippen LogP contribution in [0.2, 0.25) is 0 Å². The Morgan fingerprint density at radius 1 is 1.10 bits per heavy atom. The molecular weight excluding hydrogens is 364 g/mol. The van der Waals surface area contributed by atoms with Gasteiger partial charge in [-0.25, -0.2) is 9.67 Å².